The van der Waals surface area contributed by atoms with Crippen LogP contribution >= 0.6 is 0 Å². The van der Waals surface area contributed by atoms with Crippen molar-refractivity contribution in [3.05, 3.63) is 60.2 Å². The molecule has 1 aliphatic rings. The lowest BCUT2D eigenvalue weighted by atomic mass is 10.2. The largest absolute Gasteiger partial charge is 0.573 e. The Balaban J connectivity index is 1.35. The minimum absolute atomic E-state index is 0.243. The average Bonchev–Trinajstić information content (AvgIpc) is 3.46. The Labute approximate surface area is 186 Å². The predicted octanol–water partition coefficient (Wildman–Crippen LogP) is 3.83. The Morgan fingerprint density at radius 1 is 1.12 bits per heavy atom. The average molecular weight is 459 g/mol. The SMILES string of the molecule is Cn1c(CN2CC(O)CC2c2nc(-c3ccc(OC(F)(F)F)cc3)no2)nc2ccccc21. The van der Waals surface area contributed by atoms with Gasteiger partial charge in [-0.15, -0.1) is 13.2 Å². The molecule has 1 saturated heterocycles. The first-order valence-corrected chi connectivity index (χ1v) is 10.3. The molecular formula is C22H20F3N5O3. The number of para-hydroxylation sites is 2. The summed E-state index contributed by atoms with van der Waals surface area (Å²) in [5.74, 6) is 1.08. The van der Waals surface area contributed by atoms with Crippen molar-refractivity contribution in [1.29, 1.82) is 0 Å². The number of nitrogens with zero attached hydrogens (tertiary/aromatic N) is 5. The maximum absolute atomic E-state index is 12.4. The van der Waals surface area contributed by atoms with Gasteiger partial charge in [-0.2, -0.15) is 4.98 Å². The van der Waals surface area contributed by atoms with E-state index in [0.29, 0.717) is 31.0 Å². The lowest BCUT2D eigenvalue weighted by Gasteiger charge is -2.20. The number of ether oxygens (including phenoxy) is 1. The van der Waals surface area contributed by atoms with Gasteiger partial charge in [0.05, 0.1) is 29.7 Å². The number of fused-ring (bicyclic) bond motifs is 1. The zero-order valence-corrected chi connectivity index (χ0v) is 17.5. The fourth-order valence-corrected chi connectivity index (χ4v) is 4.12. The molecule has 5 rings (SSSR count). The van der Waals surface area contributed by atoms with E-state index in [4.69, 9.17) is 9.51 Å². The van der Waals surface area contributed by atoms with Crippen LogP contribution in [0.25, 0.3) is 22.4 Å². The van der Waals surface area contributed by atoms with Crippen LogP contribution in [0.4, 0.5) is 13.2 Å². The fourth-order valence-electron chi connectivity index (χ4n) is 4.12. The number of hydrogen-bond donors (Lipinski definition) is 1. The van der Waals surface area contributed by atoms with Crippen LogP contribution in [0.3, 0.4) is 0 Å². The molecular weight excluding hydrogens is 439 g/mol. The minimum atomic E-state index is -4.76. The summed E-state index contributed by atoms with van der Waals surface area (Å²) in [4.78, 5) is 11.2. The molecule has 3 heterocycles. The molecule has 1 N–H and O–H groups in total. The standard InChI is InChI=1S/C22H20F3N5O3/c1-29-17-5-3-2-4-16(17)26-19(29)12-30-11-14(31)10-18(30)21-27-20(28-33-21)13-6-8-15(9-7-13)32-22(23,24)25/h2-9,14,18,31H,10-12H2,1H3. The van der Waals surface area contributed by atoms with Crippen molar-refractivity contribution in [2.45, 2.75) is 31.5 Å². The van der Waals surface area contributed by atoms with E-state index in [1.54, 1.807) is 0 Å². The molecule has 0 spiro atoms. The number of aliphatic hydroxyl groups is 1. The summed E-state index contributed by atoms with van der Waals surface area (Å²) in [5.41, 5.74) is 2.39. The summed E-state index contributed by atoms with van der Waals surface area (Å²) in [6.07, 6.45) is -4.89. The fraction of sp³-hybridized carbons (Fsp3) is 0.318. The van der Waals surface area contributed by atoms with Crippen LogP contribution in [0.2, 0.25) is 0 Å². The van der Waals surface area contributed by atoms with Crippen molar-refractivity contribution in [3.8, 4) is 17.1 Å². The van der Waals surface area contributed by atoms with E-state index in [0.717, 1.165) is 16.9 Å². The molecule has 0 amide bonds. The number of aliphatic hydroxyl groups excluding tert-OH is 1. The molecule has 2 aromatic carbocycles. The van der Waals surface area contributed by atoms with Crippen LogP contribution in [0.5, 0.6) is 5.75 Å². The van der Waals surface area contributed by atoms with Gasteiger partial charge in [0.1, 0.15) is 11.6 Å². The number of β-amino-alcohol motifs (C(OH)–C–C–N with tert-alkyl or cyclic N) is 1. The lowest BCUT2D eigenvalue weighted by molar-refractivity contribution is -0.274. The van der Waals surface area contributed by atoms with Gasteiger partial charge < -0.3 is 18.9 Å². The van der Waals surface area contributed by atoms with Crippen LogP contribution in [-0.4, -0.2) is 48.7 Å². The first kappa shape index (κ1) is 21.4. The summed E-state index contributed by atoms with van der Waals surface area (Å²) in [5, 5.41) is 14.3. The van der Waals surface area contributed by atoms with Crippen molar-refractivity contribution in [3.63, 3.8) is 0 Å². The molecule has 0 aliphatic carbocycles. The highest BCUT2D eigenvalue weighted by Gasteiger charge is 2.37. The van der Waals surface area contributed by atoms with Crippen molar-refractivity contribution in [2.24, 2.45) is 7.05 Å². The van der Waals surface area contributed by atoms with Gasteiger partial charge in [0.25, 0.3) is 0 Å². The van der Waals surface area contributed by atoms with Crippen molar-refractivity contribution in [1.82, 2.24) is 24.6 Å². The Morgan fingerprint density at radius 2 is 1.88 bits per heavy atom. The Hall–Kier alpha value is -3.44. The second-order valence-corrected chi connectivity index (χ2v) is 7.94. The third-order valence-electron chi connectivity index (χ3n) is 5.68. The van der Waals surface area contributed by atoms with Crippen LogP contribution in [0, 0.1) is 0 Å². The number of aromatic nitrogens is 4. The van der Waals surface area contributed by atoms with Gasteiger partial charge in [0.15, 0.2) is 0 Å². The summed E-state index contributed by atoms with van der Waals surface area (Å²) >= 11 is 0. The lowest BCUT2D eigenvalue weighted by Crippen LogP contribution is -2.26. The van der Waals surface area contributed by atoms with Crippen LogP contribution < -0.4 is 4.74 Å². The van der Waals surface area contributed by atoms with Crippen molar-refractivity contribution < 1.29 is 27.5 Å². The van der Waals surface area contributed by atoms with Gasteiger partial charge in [-0.3, -0.25) is 4.90 Å². The first-order valence-electron chi connectivity index (χ1n) is 10.3. The summed E-state index contributed by atoms with van der Waals surface area (Å²) < 4.78 is 48.4. The predicted molar refractivity (Wildman–Crippen MR) is 111 cm³/mol. The van der Waals surface area contributed by atoms with Crippen molar-refractivity contribution >= 4 is 11.0 Å². The molecule has 0 saturated carbocycles. The summed E-state index contributed by atoms with van der Waals surface area (Å²) in [7, 11) is 1.95. The molecule has 2 unspecified atom stereocenters. The highest BCUT2D eigenvalue weighted by atomic mass is 19.4. The monoisotopic (exact) mass is 459 g/mol. The van der Waals surface area contributed by atoms with E-state index in [9.17, 15) is 18.3 Å². The number of rotatable bonds is 5. The normalized spacial score (nSPS) is 19.4. The third kappa shape index (κ3) is 4.41. The van der Waals surface area contributed by atoms with Gasteiger partial charge in [-0.25, -0.2) is 4.98 Å². The van der Waals surface area contributed by atoms with Crippen molar-refractivity contribution in [2.75, 3.05) is 6.54 Å². The van der Waals surface area contributed by atoms with E-state index < -0.39 is 12.5 Å². The van der Waals surface area contributed by atoms with E-state index in [1.807, 2.05) is 40.8 Å². The molecule has 4 aromatic rings. The highest BCUT2D eigenvalue weighted by molar-refractivity contribution is 5.75. The van der Waals surface area contributed by atoms with Crippen LogP contribution in [0.15, 0.2) is 53.1 Å². The van der Waals surface area contributed by atoms with Gasteiger partial charge in [0, 0.05) is 19.2 Å². The quantitative estimate of drug-likeness (QED) is 0.485. The van der Waals surface area contributed by atoms with Gasteiger partial charge >= 0.3 is 6.36 Å². The van der Waals surface area contributed by atoms with E-state index in [1.165, 1.54) is 24.3 Å². The number of hydrogen-bond acceptors (Lipinski definition) is 7. The van der Waals surface area contributed by atoms with E-state index in [2.05, 4.69) is 14.9 Å². The molecule has 0 radical (unpaired) electrons. The molecule has 0 bridgehead atoms. The molecule has 11 heteroatoms. The first-order chi connectivity index (χ1) is 15.8. The number of alkyl halides is 3. The Bertz CT molecular complexity index is 1270. The maximum atomic E-state index is 12.4. The topological polar surface area (TPSA) is 89.4 Å². The molecule has 2 aromatic heterocycles. The zero-order valence-electron chi connectivity index (χ0n) is 17.5. The zero-order chi connectivity index (χ0) is 23.2. The number of aryl methyl sites for hydroxylation is 1. The smallest absolute Gasteiger partial charge is 0.406 e. The third-order valence-corrected chi connectivity index (χ3v) is 5.68. The van der Waals surface area contributed by atoms with Gasteiger partial charge in [0.2, 0.25) is 11.7 Å². The van der Waals surface area contributed by atoms with Gasteiger partial charge in [-0.1, -0.05) is 17.3 Å². The van der Waals surface area contributed by atoms with Gasteiger partial charge in [-0.05, 0) is 42.8 Å². The molecule has 8 nitrogen and oxygen atoms in total. The maximum Gasteiger partial charge on any atom is 0.573 e. The molecule has 1 fully saturated rings. The molecule has 1 aliphatic heterocycles. The van der Waals surface area contributed by atoms with E-state index in [-0.39, 0.29) is 17.6 Å². The minimum Gasteiger partial charge on any atom is -0.406 e. The van der Waals surface area contributed by atoms with Crippen LogP contribution in [0.1, 0.15) is 24.2 Å². The second kappa shape index (κ2) is 8.16. The molecule has 2 atom stereocenters. The molecule has 172 valence electrons. The number of imidazole rings is 1. The Morgan fingerprint density at radius 3 is 2.61 bits per heavy atom. The molecule has 33 heavy (non-hydrogen) atoms. The summed E-state index contributed by atoms with van der Waals surface area (Å²) in [6.45, 7) is 0.906. The number of halogens is 3. The van der Waals surface area contributed by atoms with E-state index >= 15 is 0 Å². The number of benzene rings is 2. The Kier molecular flexibility index (Phi) is 5.29. The summed E-state index contributed by atoms with van der Waals surface area (Å²) in [6, 6.07) is 12.8. The number of likely N-dealkylation sites (tertiary alicyclic amines) is 1. The highest BCUT2D eigenvalue weighted by Crippen LogP contribution is 2.34. The van der Waals surface area contributed by atoms with Crippen LogP contribution in [-0.2, 0) is 13.6 Å². The second-order valence-electron chi connectivity index (χ2n) is 7.94.